The molecule has 3 unspecified atom stereocenters. The van der Waals surface area contributed by atoms with Crippen molar-refractivity contribution in [3.05, 3.63) is 0 Å². The van der Waals surface area contributed by atoms with E-state index in [2.05, 4.69) is 26.1 Å². The third kappa shape index (κ3) is 3.52. The Balaban J connectivity index is 2.04. The van der Waals surface area contributed by atoms with Gasteiger partial charge in [0.05, 0.1) is 0 Å². The van der Waals surface area contributed by atoms with E-state index in [9.17, 15) is 4.79 Å². The van der Waals surface area contributed by atoms with Crippen LogP contribution in [0.4, 0.5) is 0 Å². The maximum absolute atomic E-state index is 11.9. The van der Waals surface area contributed by atoms with Crippen LogP contribution in [0.15, 0.2) is 0 Å². The summed E-state index contributed by atoms with van der Waals surface area (Å²) in [5.74, 6) is 1.90. The van der Waals surface area contributed by atoms with Crippen molar-refractivity contribution in [2.75, 3.05) is 0 Å². The molecule has 1 heterocycles. The standard InChI is InChI=1S/C17H31NO/c1-4-6-14-7-5-9-17(10-8-14)12-16(19)18-15(17)11-13(2)3/h13-15H,4-12H2,1-3H3,(H,18,19). The molecule has 0 aromatic rings. The zero-order chi connectivity index (χ0) is 13.9. The molecule has 0 aromatic heterocycles. The average Bonchev–Trinajstić information content (AvgIpc) is 2.50. The molecule has 2 aliphatic rings. The lowest BCUT2D eigenvalue weighted by molar-refractivity contribution is -0.119. The number of nitrogens with one attached hydrogen (secondary N) is 1. The van der Waals surface area contributed by atoms with Crippen LogP contribution in [0, 0.1) is 17.3 Å². The van der Waals surface area contributed by atoms with E-state index in [1.54, 1.807) is 0 Å². The lowest BCUT2D eigenvalue weighted by Gasteiger charge is -2.34. The van der Waals surface area contributed by atoms with Crippen LogP contribution in [-0.4, -0.2) is 11.9 Å². The number of amides is 1. The van der Waals surface area contributed by atoms with Gasteiger partial charge < -0.3 is 5.32 Å². The predicted molar refractivity (Wildman–Crippen MR) is 79.9 cm³/mol. The summed E-state index contributed by atoms with van der Waals surface area (Å²) >= 11 is 0. The molecule has 0 radical (unpaired) electrons. The van der Waals surface area contributed by atoms with E-state index in [4.69, 9.17) is 0 Å². The Labute approximate surface area is 118 Å². The Kier molecular flexibility index (Phi) is 4.92. The second-order valence-corrected chi connectivity index (χ2v) is 7.37. The summed E-state index contributed by atoms with van der Waals surface area (Å²) in [4.78, 5) is 11.9. The predicted octanol–water partition coefficient (Wildman–Crippen LogP) is 4.29. The summed E-state index contributed by atoms with van der Waals surface area (Å²) in [6.07, 6.45) is 11.2. The number of carbonyl (C=O) groups excluding carboxylic acids is 1. The summed E-state index contributed by atoms with van der Waals surface area (Å²) < 4.78 is 0. The Morgan fingerprint density at radius 2 is 2.11 bits per heavy atom. The van der Waals surface area contributed by atoms with Crippen LogP contribution in [0.3, 0.4) is 0 Å². The van der Waals surface area contributed by atoms with Crippen molar-refractivity contribution in [1.82, 2.24) is 5.32 Å². The molecule has 2 nitrogen and oxygen atoms in total. The van der Waals surface area contributed by atoms with Gasteiger partial charge in [-0.15, -0.1) is 0 Å². The van der Waals surface area contributed by atoms with Crippen molar-refractivity contribution in [3.63, 3.8) is 0 Å². The van der Waals surface area contributed by atoms with Gasteiger partial charge in [-0.25, -0.2) is 0 Å². The van der Waals surface area contributed by atoms with Gasteiger partial charge in [0, 0.05) is 12.5 Å². The SMILES string of the molecule is CCCC1CCCC2(CC1)CC(=O)NC2CC(C)C. The molecule has 0 aromatic carbocycles. The fourth-order valence-electron chi connectivity index (χ4n) is 4.35. The van der Waals surface area contributed by atoms with Crippen LogP contribution in [0.25, 0.3) is 0 Å². The van der Waals surface area contributed by atoms with E-state index in [0.717, 1.165) is 18.8 Å². The van der Waals surface area contributed by atoms with Crippen LogP contribution >= 0.6 is 0 Å². The van der Waals surface area contributed by atoms with Gasteiger partial charge in [-0.1, -0.05) is 46.5 Å². The van der Waals surface area contributed by atoms with Gasteiger partial charge in [-0.05, 0) is 42.9 Å². The maximum Gasteiger partial charge on any atom is 0.220 e. The lowest BCUT2D eigenvalue weighted by Crippen LogP contribution is -2.38. The van der Waals surface area contributed by atoms with Gasteiger partial charge in [0.25, 0.3) is 0 Å². The fourth-order valence-corrected chi connectivity index (χ4v) is 4.35. The van der Waals surface area contributed by atoms with Crippen LogP contribution in [0.2, 0.25) is 0 Å². The molecule has 2 rings (SSSR count). The van der Waals surface area contributed by atoms with Gasteiger partial charge in [0.1, 0.15) is 0 Å². The number of carbonyl (C=O) groups is 1. The summed E-state index contributed by atoms with van der Waals surface area (Å²) in [6, 6.07) is 0.445. The molecule has 3 atom stereocenters. The highest BCUT2D eigenvalue weighted by atomic mass is 16.2. The smallest absolute Gasteiger partial charge is 0.220 e. The third-order valence-electron chi connectivity index (χ3n) is 5.33. The highest BCUT2D eigenvalue weighted by molar-refractivity contribution is 5.80. The first kappa shape index (κ1) is 14.9. The highest BCUT2D eigenvalue weighted by Gasteiger charge is 2.46. The Hall–Kier alpha value is -0.530. The second kappa shape index (κ2) is 6.28. The van der Waals surface area contributed by atoms with Gasteiger partial charge in [-0.3, -0.25) is 4.79 Å². The topological polar surface area (TPSA) is 29.1 Å². The summed E-state index contributed by atoms with van der Waals surface area (Å²) in [7, 11) is 0. The average molecular weight is 265 g/mol. The van der Waals surface area contributed by atoms with Crippen molar-refractivity contribution in [2.45, 2.75) is 84.6 Å². The molecule has 1 saturated heterocycles. The van der Waals surface area contributed by atoms with Crippen LogP contribution in [0.1, 0.15) is 78.6 Å². The van der Waals surface area contributed by atoms with Gasteiger partial charge in [0.2, 0.25) is 5.91 Å². The van der Waals surface area contributed by atoms with Crippen LogP contribution in [-0.2, 0) is 4.79 Å². The molecular weight excluding hydrogens is 234 g/mol. The van der Waals surface area contributed by atoms with E-state index in [-0.39, 0.29) is 0 Å². The van der Waals surface area contributed by atoms with Gasteiger partial charge in [-0.2, -0.15) is 0 Å². The molecule has 1 N–H and O–H groups in total. The van der Waals surface area contributed by atoms with E-state index in [0.29, 0.717) is 23.3 Å². The van der Waals surface area contributed by atoms with Crippen LogP contribution < -0.4 is 5.32 Å². The zero-order valence-electron chi connectivity index (χ0n) is 13.0. The third-order valence-corrected chi connectivity index (χ3v) is 5.33. The first-order valence-electron chi connectivity index (χ1n) is 8.35. The summed E-state index contributed by atoms with van der Waals surface area (Å²) in [6.45, 7) is 6.84. The Morgan fingerprint density at radius 3 is 2.79 bits per heavy atom. The molecule has 2 heteroatoms. The molecule has 110 valence electrons. The minimum atomic E-state index is 0.295. The van der Waals surface area contributed by atoms with E-state index < -0.39 is 0 Å². The normalized spacial score (nSPS) is 35.7. The molecule has 19 heavy (non-hydrogen) atoms. The number of rotatable bonds is 4. The highest BCUT2D eigenvalue weighted by Crippen LogP contribution is 2.47. The van der Waals surface area contributed by atoms with Crippen molar-refractivity contribution in [2.24, 2.45) is 17.3 Å². The van der Waals surface area contributed by atoms with E-state index in [1.807, 2.05) is 0 Å². The maximum atomic E-state index is 11.9. The lowest BCUT2D eigenvalue weighted by atomic mass is 9.71. The molecule has 1 spiro atoms. The number of hydrogen-bond acceptors (Lipinski definition) is 1. The Morgan fingerprint density at radius 1 is 1.32 bits per heavy atom. The molecule has 1 aliphatic carbocycles. The zero-order valence-corrected chi connectivity index (χ0v) is 13.0. The molecule has 1 amide bonds. The van der Waals surface area contributed by atoms with Crippen LogP contribution in [0.5, 0.6) is 0 Å². The van der Waals surface area contributed by atoms with Crippen molar-refractivity contribution < 1.29 is 4.79 Å². The molecular formula is C17H31NO. The fraction of sp³-hybridized carbons (Fsp3) is 0.941. The summed E-state index contributed by atoms with van der Waals surface area (Å²) in [5.41, 5.74) is 0.295. The van der Waals surface area contributed by atoms with E-state index in [1.165, 1.54) is 44.9 Å². The molecule has 1 aliphatic heterocycles. The molecule has 1 saturated carbocycles. The van der Waals surface area contributed by atoms with Gasteiger partial charge in [0.15, 0.2) is 0 Å². The monoisotopic (exact) mass is 265 g/mol. The molecule has 2 fully saturated rings. The van der Waals surface area contributed by atoms with E-state index >= 15 is 0 Å². The quantitative estimate of drug-likeness (QED) is 0.807. The molecule has 0 bridgehead atoms. The number of hydrogen-bond donors (Lipinski definition) is 1. The van der Waals surface area contributed by atoms with Crippen molar-refractivity contribution in [1.29, 1.82) is 0 Å². The first-order chi connectivity index (χ1) is 9.05. The van der Waals surface area contributed by atoms with Crippen molar-refractivity contribution >= 4 is 5.91 Å². The minimum absolute atomic E-state index is 0.295. The van der Waals surface area contributed by atoms with Crippen molar-refractivity contribution in [3.8, 4) is 0 Å². The largest absolute Gasteiger partial charge is 0.353 e. The second-order valence-electron chi connectivity index (χ2n) is 7.37. The minimum Gasteiger partial charge on any atom is -0.353 e. The summed E-state index contributed by atoms with van der Waals surface area (Å²) in [5, 5.41) is 3.28. The Bertz CT molecular complexity index is 312. The first-order valence-corrected chi connectivity index (χ1v) is 8.35. The van der Waals surface area contributed by atoms with Gasteiger partial charge >= 0.3 is 0 Å².